The van der Waals surface area contributed by atoms with Crippen LogP contribution in [0.4, 0.5) is 10.1 Å². The van der Waals surface area contributed by atoms with E-state index in [1.165, 1.54) is 0 Å². The highest BCUT2D eigenvalue weighted by Crippen LogP contribution is 2.35. The molecule has 0 aliphatic rings. The summed E-state index contributed by atoms with van der Waals surface area (Å²) in [6.45, 7) is 0. The van der Waals surface area contributed by atoms with Crippen LogP contribution >= 0.6 is 7.60 Å². The highest BCUT2D eigenvalue weighted by atomic mass is 31.2. The van der Waals surface area contributed by atoms with E-state index < -0.39 is 13.4 Å². The molecule has 1 rings (SSSR count). The summed E-state index contributed by atoms with van der Waals surface area (Å²) < 4.78 is 23.1. The first-order chi connectivity index (χ1) is 5.41. The normalized spacial score (nSPS) is 11.6. The first kappa shape index (κ1) is 9.19. The van der Waals surface area contributed by atoms with Crippen LogP contribution in [-0.2, 0) is 4.57 Å². The first-order valence-electron chi connectivity index (χ1n) is 3.02. The van der Waals surface area contributed by atoms with Crippen molar-refractivity contribution in [1.29, 1.82) is 0 Å². The maximum atomic E-state index is 12.4. The Labute approximate surface area is 68.0 Å². The average Bonchev–Trinajstić information content (AvgIpc) is 1.83. The molecule has 0 bridgehead atoms. The van der Waals surface area contributed by atoms with Crippen molar-refractivity contribution >= 4 is 18.6 Å². The maximum absolute atomic E-state index is 12.4. The largest absolute Gasteiger partial charge is 0.398 e. The molecule has 4 N–H and O–H groups in total. The van der Waals surface area contributed by atoms with Gasteiger partial charge in [-0.1, -0.05) is 0 Å². The van der Waals surface area contributed by atoms with Crippen molar-refractivity contribution in [3.8, 4) is 0 Å². The number of hydrogen-bond acceptors (Lipinski definition) is 2. The second kappa shape index (κ2) is 2.86. The molecule has 0 spiro atoms. The van der Waals surface area contributed by atoms with Crippen molar-refractivity contribution in [2.24, 2.45) is 0 Å². The van der Waals surface area contributed by atoms with Crippen LogP contribution in [0.2, 0.25) is 0 Å². The van der Waals surface area contributed by atoms with Gasteiger partial charge in [0, 0.05) is 5.69 Å². The molecule has 0 fully saturated rings. The lowest BCUT2D eigenvalue weighted by molar-refractivity contribution is 0.387. The first-order valence-corrected chi connectivity index (χ1v) is 4.63. The fourth-order valence-corrected chi connectivity index (χ4v) is 1.46. The highest BCUT2D eigenvalue weighted by molar-refractivity contribution is 7.60. The van der Waals surface area contributed by atoms with Gasteiger partial charge in [-0.25, -0.2) is 4.39 Å². The van der Waals surface area contributed by atoms with Crippen LogP contribution in [0.5, 0.6) is 0 Å². The van der Waals surface area contributed by atoms with Crippen LogP contribution in [0.25, 0.3) is 0 Å². The van der Waals surface area contributed by atoms with E-state index >= 15 is 0 Å². The Morgan fingerprint density at radius 1 is 1.42 bits per heavy atom. The lowest BCUT2D eigenvalue weighted by atomic mass is 10.3. The quantitative estimate of drug-likeness (QED) is 0.437. The summed E-state index contributed by atoms with van der Waals surface area (Å²) in [5.41, 5.74) is 4.94. The number of anilines is 1. The molecule has 0 aliphatic carbocycles. The number of nitrogens with two attached hydrogens (primary N) is 1. The minimum atomic E-state index is -4.37. The van der Waals surface area contributed by atoms with E-state index in [4.69, 9.17) is 15.5 Å². The molecule has 0 atom stereocenters. The molecule has 0 radical (unpaired) electrons. The second-order valence-electron chi connectivity index (χ2n) is 2.25. The zero-order valence-electron chi connectivity index (χ0n) is 5.94. The highest BCUT2D eigenvalue weighted by Gasteiger charge is 2.20. The molecule has 0 amide bonds. The van der Waals surface area contributed by atoms with Crippen LogP contribution in [-0.4, -0.2) is 9.79 Å². The fraction of sp³-hybridized carbons (Fsp3) is 0. The third kappa shape index (κ3) is 1.82. The van der Waals surface area contributed by atoms with Crippen molar-refractivity contribution in [1.82, 2.24) is 0 Å². The smallest absolute Gasteiger partial charge is 0.358 e. The Balaban J connectivity index is 3.28. The standard InChI is InChI=1S/C6H7FNO3P/c7-4-1-2-6(5(8)3-4)12(9,10)11/h1-3H,8H2,(H2,9,10,11). The van der Waals surface area contributed by atoms with Gasteiger partial charge < -0.3 is 15.5 Å². The number of rotatable bonds is 1. The lowest BCUT2D eigenvalue weighted by Gasteiger charge is -2.06. The van der Waals surface area contributed by atoms with Gasteiger partial charge in [0.15, 0.2) is 0 Å². The van der Waals surface area contributed by atoms with Gasteiger partial charge in [0.25, 0.3) is 0 Å². The third-order valence-corrected chi connectivity index (χ3v) is 2.34. The number of hydrogen-bond donors (Lipinski definition) is 3. The summed E-state index contributed by atoms with van der Waals surface area (Å²) in [5.74, 6) is -0.621. The van der Waals surface area contributed by atoms with Gasteiger partial charge in [0.2, 0.25) is 0 Å². The number of halogens is 1. The monoisotopic (exact) mass is 191 g/mol. The minimum Gasteiger partial charge on any atom is -0.398 e. The van der Waals surface area contributed by atoms with Gasteiger partial charge in [-0.05, 0) is 18.2 Å². The van der Waals surface area contributed by atoms with Gasteiger partial charge in [0.1, 0.15) is 5.82 Å². The van der Waals surface area contributed by atoms with Crippen LogP contribution in [0.3, 0.4) is 0 Å². The van der Waals surface area contributed by atoms with E-state index in [9.17, 15) is 8.96 Å². The zero-order chi connectivity index (χ0) is 9.35. The summed E-state index contributed by atoms with van der Waals surface area (Å²) in [7, 11) is -4.37. The summed E-state index contributed by atoms with van der Waals surface area (Å²) in [6.07, 6.45) is 0. The molecule has 0 heterocycles. The molecule has 0 saturated heterocycles. The van der Waals surface area contributed by atoms with E-state index in [0.717, 1.165) is 18.2 Å². The SMILES string of the molecule is Nc1cc(F)ccc1P(=O)(O)O. The predicted octanol–water partition coefficient (Wildman–Crippen LogP) is 0.211. The van der Waals surface area contributed by atoms with Crippen LogP contribution < -0.4 is 11.0 Å². The minimum absolute atomic E-state index is 0.233. The van der Waals surface area contributed by atoms with Crippen LogP contribution in [0.1, 0.15) is 0 Å². The van der Waals surface area contributed by atoms with Gasteiger partial charge in [-0.3, -0.25) is 4.57 Å². The van der Waals surface area contributed by atoms with Crippen LogP contribution in [0, 0.1) is 5.82 Å². The topological polar surface area (TPSA) is 83.6 Å². The molecule has 0 aliphatic heterocycles. The molecule has 4 nitrogen and oxygen atoms in total. The maximum Gasteiger partial charge on any atom is 0.358 e. The molecule has 1 aromatic rings. The Kier molecular flexibility index (Phi) is 2.19. The molecule has 0 aromatic heterocycles. The second-order valence-corrected chi connectivity index (χ2v) is 3.82. The summed E-state index contributed by atoms with van der Waals surface area (Å²) >= 11 is 0. The van der Waals surface area contributed by atoms with E-state index in [0.29, 0.717) is 0 Å². The molecule has 0 unspecified atom stereocenters. The van der Waals surface area contributed by atoms with Gasteiger partial charge in [-0.2, -0.15) is 0 Å². The molecule has 12 heavy (non-hydrogen) atoms. The van der Waals surface area contributed by atoms with Crippen molar-refractivity contribution < 1.29 is 18.7 Å². The van der Waals surface area contributed by atoms with Crippen molar-refractivity contribution in [2.45, 2.75) is 0 Å². The van der Waals surface area contributed by atoms with E-state index in [1.807, 2.05) is 0 Å². The zero-order valence-corrected chi connectivity index (χ0v) is 6.83. The van der Waals surface area contributed by atoms with Crippen LogP contribution in [0.15, 0.2) is 18.2 Å². The Hall–Kier alpha value is -0.900. The van der Waals surface area contributed by atoms with Crippen molar-refractivity contribution in [2.75, 3.05) is 5.73 Å². The summed E-state index contributed by atoms with van der Waals surface area (Å²) in [4.78, 5) is 17.3. The lowest BCUT2D eigenvalue weighted by Crippen LogP contribution is -2.10. The fourth-order valence-electron chi connectivity index (χ4n) is 0.791. The van der Waals surface area contributed by atoms with Gasteiger partial charge in [-0.15, -0.1) is 0 Å². The summed E-state index contributed by atoms with van der Waals surface area (Å²) in [5, 5.41) is -0.344. The molecular weight excluding hydrogens is 184 g/mol. The molecule has 66 valence electrons. The molecule has 6 heteroatoms. The van der Waals surface area contributed by atoms with E-state index in [1.54, 1.807) is 0 Å². The van der Waals surface area contributed by atoms with E-state index in [-0.39, 0.29) is 11.0 Å². The Bertz CT molecular complexity index is 349. The summed E-state index contributed by atoms with van der Waals surface area (Å²) in [6, 6.07) is 2.80. The predicted molar refractivity (Wildman–Crippen MR) is 42.5 cm³/mol. The van der Waals surface area contributed by atoms with E-state index in [2.05, 4.69) is 0 Å². The molecule has 0 saturated carbocycles. The average molecular weight is 191 g/mol. The number of nitrogen functional groups attached to an aromatic ring is 1. The van der Waals surface area contributed by atoms with Gasteiger partial charge in [0.05, 0.1) is 5.30 Å². The molecule has 1 aromatic carbocycles. The Morgan fingerprint density at radius 2 is 2.00 bits per heavy atom. The number of benzene rings is 1. The third-order valence-electron chi connectivity index (χ3n) is 1.30. The van der Waals surface area contributed by atoms with Crippen molar-refractivity contribution in [3.05, 3.63) is 24.0 Å². The van der Waals surface area contributed by atoms with Crippen molar-refractivity contribution in [3.63, 3.8) is 0 Å². The molecular formula is C6H7FNO3P. The van der Waals surface area contributed by atoms with Gasteiger partial charge >= 0.3 is 7.60 Å². The Morgan fingerprint density at radius 3 is 2.42 bits per heavy atom.